The average molecular weight is 359 g/mol. The van der Waals surface area contributed by atoms with E-state index in [9.17, 15) is 0 Å². The fraction of sp³-hybridized carbons (Fsp3) is 0.571. The Balaban J connectivity index is 1.75. The first-order valence-corrected chi connectivity index (χ1v) is 10.2. The van der Waals surface area contributed by atoms with E-state index in [2.05, 4.69) is 52.9 Å². The maximum atomic E-state index is 6.14. The van der Waals surface area contributed by atoms with Gasteiger partial charge in [-0.3, -0.25) is 9.89 Å². The van der Waals surface area contributed by atoms with Gasteiger partial charge in [0.1, 0.15) is 5.69 Å². The zero-order valence-corrected chi connectivity index (χ0v) is 16.0. The second-order valence-electron chi connectivity index (χ2n) is 7.75. The highest BCUT2D eigenvalue weighted by atomic mass is 35.5. The Bertz CT molecular complexity index is 679. The van der Waals surface area contributed by atoms with E-state index in [1.165, 1.54) is 37.3 Å². The van der Waals surface area contributed by atoms with Crippen LogP contribution in [0, 0.1) is 0 Å². The summed E-state index contributed by atoms with van der Waals surface area (Å²) in [7, 11) is 0. The zero-order chi connectivity index (χ0) is 17.4. The molecule has 3 aliphatic rings. The molecule has 25 heavy (non-hydrogen) atoms. The number of anilines is 1. The Morgan fingerprint density at radius 1 is 1.16 bits per heavy atom. The van der Waals surface area contributed by atoms with E-state index >= 15 is 0 Å². The maximum absolute atomic E-state index is 6.14. The highest BCUT2D eigenvalue weighted by Crippen LogP contribution is 2.36. The lowest BCUT2D eigenvalue weighted by atomic mass is 9.97. The highest BCUT2D eigenvalue weighted by molar-refractivity contribution is 6.30. The van der Waals surface area contributed by atoms with Gasteiger partial charge in [-0.25, -0.2) is 4.90 Å². The van der Waals surface area contributed by atoms with E-state index in [0.717, 1.165) is 17.9 Å². The molecule has 3 aliphatic heterocycles. The molecule has 0 radical (unpaired) electrons. The molecule has 0 amide bonds. The molecule has 0 bridgehead atoms. The molecule has 1 saturated heterocycles. The van der Waals surface area contributed by atoms with Crippen molar-refractivity contribution in [2.24, 2.45) is 0 Å². The smallest absolute Gasteiger partial charge is 0.275 e. The molecule has 1 fully saturated rings. The van der Waals surface area contributed by atoms with Crippen molar-refractivity contribution >= 4 is 23.2 Å². The number of benzene rings is 1. The van der Waals surface area contributed by atoms with Crippen molar-refractivity contribution in [1.29, 1.82) is 0 Å². The molecule has 3 nitrogen and oxygen atoms in total. The summed E-state index contributed by atoms with van der Waals surface area (Å²) in [6, 6.07) is 10.8. The molecule has 4 rings (SSSR count). The Morgan fingerprint density at radius 2 is 1.88 bits per heavy atom. The van der Waals surface area contributed by atoms with Crippen LogP contribution in [0.4, 0.5) is 5.69 Å². The summed E-state index contributed by atoms with van der Waals surface area (Å²) in [6.45, 7) is 4.52. The summed E-state index contributed by atoms with van der Waals surface area (Å²) in [4.78, 5) is 2.54. The molecule has 134 valence electrons. The van der Waals surface area contributed by atoms with Gasteiger partial charge in [0.15, 0.2) is 0 Å². The van der Waals surface area contributed by atoms with Crippen LogP contribution in [0.1, 0.15) is 52.4 Å². The fourth-order valence-corrected chi connectivity index (χ4v) is 5.00. The first-order valence-electron chi connectivity index (χ1n) is 9.79. The van der Waals surface area contributed by atoms with Gasteiger partial charge < -0.3 is 0 Å². The third kappa shape index (κ3) is 3.19. The minimum absolute atomic E-state index is 0.511. The molecule has 0 aliphatic carbocycles. The van der Waals surface area contributed by atoms with Gasteiger partial charge in [-0.2, -0.15) is 0 Å². The van der Waals surface area contributed by atoms with Gasteiger partial charge in [0.2, 0.25) is 0 Å². The molecule has 3 heterocycles. The molecule has 4 atom stereocenters. The van der Waals surface area contributed by atoms with Crippen molar-refractivity contribution in [3.63, 3.8) is 0 Å². The zero-order valence-electron chi connectivity index (χ0n) is 15.3. The van der Waals surface area contributed by atoms with Crippen LogP contribution < -0.4 is 10.2 Å². The number of guanidine groups is 1. The van der Waals surface area contributed by atoms with Crippen LogP contribution in [0.2, 0.25) is 5.02 Å². The van der Waals surface area contributed by atoms with E-state index in [0.29, 0.717) is 24.2 Å². The maximum Gasteiger partial charge on any atom is 0.354 e. The molecule has 4 heteroatoms. The van der Waals surface area contributed by atoms with Crippen molar-refractivity contribution in [1.82, 2.24) is 5.32 Å². The van der Waals surface area contributed by atoms with Crippen LogP contribution in [-0.4, -0.2) is 34.7 Å². The van der Waals surface area contributed by atoms with Crippen LogP contribution in [0.25, 0.3) is 0 Å². The first-order chi connectivity index (χ1) is 12.2. The predicted octanol–water partition coefficient (Wildman–Crippen LogP) is 4.56. The molecular weight excluding hydrogens is 330 g/mol. The van der Waals surface area contributed by atoms with E-state index in [4.69, 9.17) is 11.6 Å². The highest BCUT2D eigenvalue weighted by Gasteiger charge is 2.49. The molecule has 0 spiro atoms. The van der Waals surface area contributed by atoms with Crippen molar-refractivity contribution in [3.05, 3.63) is 41.4 Å². The van der Waals surface area contributed by atoms with Crippen LogP contribution in [-0.2, 0) is 0 Å². The summed E-state index contributed by atoms with van der Waals surface area (Å²) in [6.07, 6.45) is 12.1. The minimum Gasteiger partial charge on any atom is -0.275 e. The van der Waals surface area contributed by atoms with E-state index < -0.39 is 0 Å². The lowest BCUT2D eigenvalue weighted by Gasteiger charge is -2.41. The summed E-state index contributed by atoms with van der Waals surface area (Å²) in [5.74, 6) is 1.33. The van der Waals surface area contributed by atoms with Crippen LogP contribution in [0.5, 0.6) is 0 Å². The SMILES string of the molecule is CC/C=C/CC1CC2CCC3CC(C)NC(=[N+]32)N1c1ccc(Cl)cc1. The number of allylic oxidation sites excluding steroid dienone is 1. The van der Waals surface area contributed by atoms with Gasteiger partial charge in [0, 0.05) is 17.9 Å². The van der Waals surface area contributed by atoms with Crippen LogP contribution in [0.3, 0.4) is 0 Å². The lowest BCUT2D eigenvalue weighted by molar-refractivity contribution is -0.591. The minimum atomic E-state index is 0.511. The van der Waals surface area contributed by atoms with E-state index in [-0.39, 0.29) is 0 Å². The van der Waals surface area contributed by atoms with Crippen molar-refractivity contribution in [3.8, 4) is 0 Å². The van der Waals surface area contributed by atoms with E-state index in [1.807, 2.05) is 12.1 Å². The predicted molar refractivity (Wildman–Crippen MR) is 106 cm³/mol. The number of nitrogens with zero attached hydrogens (tertiary/aromatic N) is 2. The molecule has 1 aromatic carbocycles. The van der Waals surface area contributed by atoms with Crippen LogP contribution in [0.15, 0.2) is 36.4 Å². The third-order valence-electron chi connectivity index (χ3n) is 5.92. The standard InChI is InChI=1S/C21H28ClN3/c1-3-4-5-6-18-14-20-12-11-19-13-15(2)23-21(25(19)20)24(18)17-9-7-16(22)8-10-17/h4-5,7-10,15,18-20H,3,6,11-14H2,1-2H3/p+1/b5-4+. The molecule has 0 saturated carbocycles. The normalized spacial score (nSPS) is 31.4. The second kappa shape index (κ2) is 7.03. The largest absolute Gasteiger partial charge is 0.354 e. The molecule has 1 aromatic rings. The second-order valence-corrected chi connectivity index (χ2v) is 8.18. The van der Waals surface area contributed by atoms with Gasteiger partial charge in [0.05, 0.1) is 24.2 Å². The number of rotatable bonds is 4. The van der Waals surface area contributed by atoms with Crippen molar-refractivity contribution < 1.29 is 4.58 Å². The average Bonchev–Trinajstić information content (AvgIpc) is 3.00. The van der Waals surface area contributed by atoms with Gasteiger partial charge >= 0.3 is 5.96 Å². The number of hydrogen-bond donors (Lipinski definition) is 1. The molecule has 0 aromatic heterocycles. The monoisotopic (exact) mass is 358 g/mol. The summed E-state index contributed by atoms with van der Waals surface area (Å²) in [5, 5.41) is 4.62. The third-order valence-corrected chi connectivity index (χ3v) is 6.17. The fourth-order valence-electron chi connectivity index (χ4n) is 4.87. The summed E-state index contributed by atoms with van der Waals surface area (Å²) in [5.41, 5.74) is 1.25. The molecule has 1 N–H and O–H groups in total. The van der Waals surface area contributed by atoms with Crippen molar-refractivity contribution in [2.45, 2.75) is 76.5 Å². The van der Waals surface area contributed by atoms with Gasteiger partial charge in [-0.05, 0) is 56.9 Å². The molecular formula is C21H29ClN3+. The topological polar surface area (TPSA) is 18.3 Å². The van der Waals surface area contributed by atoms with E-state index in [1.54, 1.807) is 0 Å². The van der Waals surface area contributed by atoms with Gasteiger partial charge in [-0.15, -0.1) is 0 Å². The quantitative estimate of drug-likeness (QED) is 0.628. The Morgan fingerprint density at radius 3 is 2.60 bits per heavy atom. The number of halogens is 1. The Kier molecular flexibility index (Phi) is 4.77. The van der Waals surface area contributed by atoms with Gasteiger partial charge in [0.25, 0.3) is 0 Å². The molecule has 4 unspecified atom stereocenters. The number of hydrogen-bond acceptors (Lipinski definition) is 2. The van der Waals surface area contributed by atoms with Crippen molar-refractivity contribution in [2.75, 3.05) is 4.90 Å². The van der Waals surface area contributed by atoms with Crippen LogP contribution >= 0.6 is 11.6 Å². The Hall–Kier alpha value is -1.48. The summed E-state index contributed by atoms with van der Waals surface area (Å²) < 4.78 is 2.69. The Labute approximate surface area is 156 Å². The summed E-state index contributed by atoms with van der Waals surface area (Å²) >= 11 is 6.14. The van der Waals surface area contributed by atoms with Gasteiger partial charge in [-0.1, -0.05) is 30.7 Å². The lowest BCUT2D eigenvalue weighted by Crippen LogP contribution is -2.63. The first kappa shape index (κ1) is 17.0. The number of nitrogens with one attached hydrogen (secondary N) is 1.